The third kappa shape index (κ3) is 11.7. The van der Waals surface area contributed by atoms with Gasteiger partial charge in [-0.25, -0.2) is 0 Å². The van der Waals surface area contributed by atoms with Crippen LogP contribution in [0, 0.1) is 5.92 Å². The van der Waals surface area contributed by atoms with Crippen molar-refractivity contribution in [3.05, 3.63) is 96.1 Å². The van der Waals surface area contributed by atoms with Crippen LogP contribution in [0.3, 0.4) is 0 Å². The van der Waals surface area contributed by atoms with E-state index in [1.165, 1.54) is 6.92 Å². The van der Waals surface area contributed by atoms with Crippen LogP contribution in [-0.4, -0.2) is 71.1 Å². The highest BCUT2D eigenvalue weighted by molar-refractivity contribution is 5.99. The minimum atomic E-state index is -5.11. The molecule has 0 heterocycles. The number of hydrogen-bond acceptors (Lipinski definition) is 6. The van der Waals surface area contributed by atoms with Gasteiger partial charge in [0, 0.05) is 18.4 Å². The Hall–Kier alpha value is -5.24. The highest BCUT2D eigenvalue weighted by Crippen LogP contribution is 2.24. The number of primary amides is 1. The van der Waals surface area contributed by atoms with Crippen LogP contribution in [0.4, 0.5) is 13.2 Å². The van der Waals surface area contributed by atoms with E-state index in [-0.39, 0.29) is 6.42 Å². The number of carbonyl (C=O) groups is 5. The summed E-state index contributed by atoms with van der Waals surface area (Å²) in [5.41, 5.74) is 7.86. The number of hydrogen-bond donors (Lipinski definition) is 6. The molecule has 5 unspecified atom stereocenters. The number of aliphatic hydroxyl groups is 1. The highest BCUT2D eigenvalue weighted by Gasteiger charge is 2.44. The maximum Gasteiger partial charge on any atom is 0.416 e. The average Bonchev–Trinajstić information content (AvgIpc) is 3.08. The summed E-state index contributed by atoms with van der Waals surface area (Å²) in [5.74, 6) is -4.45. The number of benzene rings is 3. The molecule has 14 heteroatoms. The van der Waals surface area contributed by atoms with Crippen LogP contribution in [0.2, 0.25) is 0 Å². The van der Waals surface area contributed by atoms with Gasteiger partial charge in [-0.15, -0.1) is 0 Å². The van der Waals surface area contributed by atoms with E-state index >= 15 is 0 Å². The van der Waals surface area contributed by atoms with Gasteiger partial charge in [-0.05, 0) is 48.1 Å². The molecular weight excluding hydrogens is 655 g/mol. The van der Waals surface area contributed by atoms with Gasteiger partial charge in [0.05, 0.1) is 6.04 Å². The zero-order chi connectivity index (χ0) is 37.0. The van der Waals surface area contributed by atoms with Gasteiger partial charge < -0.3 is 32.1 Å². The second kappa shape index (κ2) is 18.0. The van der Waals surface area contributed by atoms with E-state index < -0.39 is 84.7 Å². The van der Waals surface area contributed by atoms with Crippen molar-refractivity contribution >= 4 is 29.5 Å². The monoisotopic (exact) mass is 697 g/mol. The molecule has 11 nitrogen and oxygen atoms in total. The van der Waals surface area contributed by atoms with Crippen molar-refractivity contribution in [1.82, 2.24) is 21.3 Å². The molecule has 0 saturated heterocycles. The van der Waals surface area contributed by atoms with Crippen molar-refractivity contribution < 1.29 is 42.3 Å². The largest absolute Gasteiger partial charge is 0.416 e. The Kier molecular flexibility index (Phi) is 14.1. The van der Waals surface area contributed by atoms with Gasteiger partial charge in [0.1, 0.15) is 18.1 Å². The molecule has 5 atom stereocenters. The number of carbonyl (C=O) groups excluding carboxylic acids is 5. The zero-order valence-corrected chi connectivity index (χ0v) is 27.9. The van der Waals surface area contributed by atoms with Crippen molar-refractivity contribution in [2.75, 3.05) is 0 Å². The molecule has 7 N–H and O–H groups in total. The first-order chi connectivity index (χ1) is 23.6. The minimum absolute atomic E-state index is 0.0273. The quantitative estimate of drug-likeness (QED) is 0.134. The Bertz CT molecular complexity index is 1600. The SMILES string of the molecule is CC(NC(=O)C(Cc1ccccc1)NC(=O)C(NC(=O)c1ccc(-c2ccccc2)cc1)C(C)C)C(=O)NC(CCC(N)=O)C(O)C(F)(F)F. The highest BCUT2D eigenvalue weighted by atomic mass is 19.4. The molecule has 50 heavy (non-hydrogen) atoms. The smallest absolute Gasteiger partial charge is 0.382 e. The van der Waals surface area contributed by atoms with E-state index in [9.17, 15) is 42.3 Å². The predicted molar refractivity (Wildman–Crippen MR) is 180 cm³/mol. The minimum Gasteiger partial charge on any atom is -0.382 e. The van der Waals surface area contributed by atoms with Crippen LogP contribution >= 0.6 is 0 Å². The number of alkyl halides is 3. The van der Waals surface area contributed by atoms with E-state index in [1.54, 1.807) is 68.4 Å². The Labute approximate surface area is 288 Å². The van der Waals surface area contributed by atoms with Crippen LogP contribution in [0.1, 0.15) is 49.5 Å². The lowest BCUT2D eigenvalue weighted by Gasteiger charge is -2.28. The van der Waals surface area contributed by atoms with Crippen molar-refractivity contribution in [1.29, 1.82) is 0 Å². The summed E-state index contributed by atoms with van der Waals surface area (Å²) in [6.07, 6.45) is -9.28. The van der Waals surface area contributed by atoms with Gasteiger partial charge in [0.25, 0.3) is 5.91 Å². The molecule has 0 saturated carbocycles. The predicted octanol–water partition coefficient (Wildman–Crippen LogP) is 3.01. The molecule has 0 fully saturated rings. The Morgan fingerprint density at radius 2 is 1.28 bits per heavy atom. The third-order valence-electron chi connectivity index (χ3n) is 7.90. The van der Waals surface area contributed by atoms with E-state index in [1.807, 2.05) is 35.6 Å². The van der Waals surface area contributed by atoms with Crippen LogP contribution in [0.5, 0.6) is 0 Å². The topological polar surface area (TPSA) is 180 Å². The van der Waals surface area contributed by atoms with Gasteiger partial charge in [0.15, 0.2) is 6.10 Å². The Balaban J connectivity index is 1.74. The summed E-state index contributed by atoms with van der Waals surface area (Å²) in [7, 11) is 0. The van der Waals surface area contributed by atoms with Gasteiger partial charge in [-0.3, -0.25) is 24.0 Å². The number of nitrogens with two attached hydrogens (primary N) is 1. The number of nitrogens with one attached hydrogen (secondary N) is 4. The van der Waals surface area contributed by atoms with E-state index in [2.05, 4.69) is 16.0 Å². The van der Waals surface area contributed by atoms with Gasteiger partial charge in [0.2, 0.25) is 23.6 Å². The first-order valence-corrected chi connectivity index (χ1v) is 16.0. The zero-order valence-electron chi connectivity index (χ0n) is 27.9. The second-order valence-electron chi connectivity index (χ2n) is 12.2. The number of halogens is 3. The fourth-order valence-corrected chi connectivity index (χ4v) is 5.05. The van der Waals surface area contributed by atoms with Gasteiger partial charge in [-0.2, -0.15) is 13.2 Å². The molecule has 3 rings (SSSR count). The summed E-state index contributed by atoms with van der Waals surface area (Å²) in [4.78, 5) is 64.3. The van der Waals surface area contributed by atoms with E-state index in [0.717, 1.165) is 11.1 Å². The van der Waals surface area contributed by atoms with Crippen molar-refractivity contribution in [3.8, 4) is 11.1 Å². The first-order valence-electron chi connectivity index (χ1n) is 16.0. The number of rotatable bonds is 16. The standard InChI is InChI=1S/C36H42F3N5O6/c1-21(2)30(44-33(48)26-16-14-25(15-17-26)24-12-8-5-9-13-24)35(50)43-28(20-23-10-6-4-7-11-23)34(49)41-22(3)32(47)42-27(18-19-29(40)45)31(46)36(37,38)39/h4-17,21-22,27-28,30-31,46H,18-20H2,1-3H3,(H2,40,45)(H,41,49)(H,42,47)(H,43,50)(H,44,48). The van der Waals surface area contributed by atoms with Crippen molar-refractivity contribution in [2.45, 2.75) is 76.5 Å². The number of amides is 5. The maximum absolute atomic E-state index is 13.6. The summed E-state index contributed by atoms with van der Waals surface area (Å²) in [6.45, 7) is 4.64. The number of aliphatic hydroxyl groups excluding tert-OH is 1. The summed E-state index contributed by atoms with van der Waals surface area (Å²) >= 11 is 0. The summed E-state index contributed by atoms with van der Waals surface area (Å²) < 4.78 is 39.7. The third-order valence-corrected chi connectivity index (χ3v) is 7.90. The Morgan fingerprint density at radius 3 is 1.82 bits per heavy atom. The van der Waals surface area contributed by atoms with Crippen molar-refractivity contribution in [2.24, 2.45) is 11.7 Å². The first kappa shape index (κ1) is 39.2. The summed E-state index contributed by atoms with van der Waals surface area (Å²) in [6, 6.07) is 19.4. The molecule has 0 bridgehead atoms. The van der Waals surface area contributed by atoms with Crippen LogP contribution in [-0.2, 0) is 25.6 Å². The summed E-state index contributed by atoms with van der Waals surface area (Å²) in [5, 5.41) is 19.6. The fourth-order valence-electron chi connectivity index (χ4n) is 5.05. The van der Waals surface area contributed by atoms with Crippen LogP contribution in [0.25, 0.3) is 11.1 Å². The average molecular weight is 698 g/mol. The molecule has 0 aliphatic carbocycles. The lowest BCUT2D eigenvalue weighted by Crippen LogP contribution is -2.59. The molecule has 0 spiro atoms. The van der Waals surface area contributed by atoms with Crippen LogP contribution in [0.15, 0.2) is 84.9 Å². The maximum atomic E-state index is 13.6. The molecule has 3 aromatic rings. The molecular formula is C36H42F3N5O6. The molecule has 0 radical (unpaired) electrons. The van der Waals surface area contributed by atoms with Crippen LogP contribution < -0.4 is 27.0 Å². The molecule has 3 aromatic carbocycles. The van der Waals surface area contributed by atoms with Crippen molar-refractivity contribution in [3.63, 3.8) is 0 Å². The van der Waals surface area contributed by atoms with E-state index in [0.29, 0.717) is 11.1 Å². The lowest BCUT2D eigenvalue weighted by molar-refractivity contribution is -0.212. The molecule has 0 aliphatic rings. The Morgan fingerprint density at radius 1 is 0.720 bits per heavy atom. The molecule has 0 aliphatic heterocycles. The molecule has 5 amide bonds. The second-order valence-corrected chi connectivity index (χ2v) is 12.2. The van der Waals surface area contributed by atoms with Gasteiger partial charge in [-0.1, -0.05) is 86.6 Å². The lowest BCUT2D eigenvalue weighted by atomic mass is 9.99. The van der Waals surface area contributed by atoms with Gasteiger partial charge >= 0.3 is 6.18 Å². The molecule has 268 valence electrons. The molecule has 0 aromatic heterocycles. The normalized spacial score (nSPS) is 14.4. The van der Waals surface area contributed by atoms with E-state index in [4.69, 9.17) is 5.73 Å². The fraction of sp³-hybridized carbons (Fsp3) is 0.361.